The van der Waals surface area contributed by atoms with Crippen LogP contribution in [0.25, 0.3) is 0 Å². The minimum atomic E-state index is -0.685. The summed E-state index contributed by atoms with van der Waals surface area (Å²) in [5, 5.41) is 0. The van der Waals surface area contributed by atoms with Crippen molar-refractivity contribution in [1.82, 2.24) is 9.80 Å². The van der Waals surface area contributed by atoms with Crippen molar-refractivity contribution in [2.75, 3.05) is 27.2 Å². The van der Waals surface area contributed by atoms with Crippen LogP contribution < -0.4 is 5.73 Å². The first-order valence-electron chi connectivity index (χ1n) is 6.13. The first-order valence-corrected chi connectivity index (χ1v) is 6.13. The second-order valence-corrected chi connectivity index (χ2v) is 5.32. The SMILES string of the molecule is CCCC(C)(N)C(=O)N1CCC(N(C)C)C1. The Morgan fingerprint density at radius 1 is 1.56 bits per heavy atom. The first-order chi connectivity index (χ1) is 7.38. The normalized spacial score (nSPS) is 24.9. The van der Waals surface area contributed by atoms with Crippen LogP contribution in [0.1, 0.15) is 33.1 Å². The van der Waals surface area contributed by atoms with Crippen molar-refractivity contribution in [2.24, 2.45) is 5.73 Å². The van der Waals surface area contributed by atoms with Gasteiger partial charge in [-0.2, -0.15) is 0 Å². The molecule has 4 nitrogen and oxygen atoms in total. The van der Waals surface area contributed by atoms with Gasteiger partial charge in [-0.25, -0.2) is 0 Å². The molecule has 1 amide bonds. The fourth-order valence-electron chi connectivity index (χ4n) is 2.34. The molecule has 0 aromatic heterocycles. The van der Waals surface area contributed by atoms with Crippen molar-refractivity contribution in [2.45, 2.75) is 44.7 Å². The molecule has 0 aromatic carbocycles. The molecule has 0 radical (unpaired) electrons. The van der Waals surface area contributed by atoms with Gasteiger partial charge in [-0.1, -0.05) is 13.3 Å². The molecule has 1 fully saturated rings. The second kappa shape index (κ2) is 5.15. The van der Waals surface area contributed by atoms with E-state index in [4.69, 9.17) is 5.73 Å². The predicted molar refractivity (Wildman–Crippen MR) is 66.2 cm³/mol. The largest absolute Gasteiger partial charge is 0.339 e. The minimum Gasteiger partial charge on any atom is -0.339 e. The number of rotatable bonds is 4. The van der Waals surface area contributed by atoms with Crippen LogP contribution in [0.3, 0.4) is 0 Å². The van der Waals surface area contributed by atoms with Crippen LogP contribution in [-0.4, -0.2) is 54.5 Å². The molecule has 0 bridgehead atoms. The van der Waals surface area contributed by atoms with E-state index in [0.717, 1.165) is 32.4 Å². The van der Waals surface area contributed by atoms with Gasteiger partial charge in [-0.3, -0.25) is 4.79 Å². The van der Waals surface area contributed by atoms with Crippen LogP contribution in [0.15, 0.2) is 0 Å². The van der Waals surface area contributed by atoms with Gasteiger partial charge < -0.3 is 15.5 Å². The lowest BCUT2D eigenvalue weighted by molar-refractivity contribution is -0.135. The maximum Gasteiger partial charge on any atom is 0.242 e. The Labute approximate surface area is 98.8 Å². The highest BCUT2D eigenvalue weighted by molar-refractivity contribution is 5.85. The van der Waals surface area contributed by atoms with Crippen LogP contribution in [0, 0.1) is 0 Å². The van der Waals surface area contributed by atoms with Gasteiger partial charge >= 0.3 is 0 Å². The van der Waals surface area contributed by atoms with Crippen molar-refractivity contribution >= 4 is 5.91 Å². The predicted octanol–water partition coefficient (Wildman–Crippen LogP) is 0.666. The van der Waals surface area contributed by atoms with Crippen LogP contribution in [0.4, 0.5) is 0 Å². The van der Waals surface area contributed by atoms with Crippen LogP contribution in [0.5, 0.6) is 0 Å². The van der Waals surface area contributed by atoms with E-state index >= 15 is 0 Å². The molecule has 0 aromatic rings. The summed E-state index contributed by atoms with van der Waals surface area (Å²) in [5.74, 6) is 0.110. The lowest BCUT2D eigenvalue weighted by Gasteiger charge is -2.29. The zero-order valence-corrected chi connectivity index (χ0v) is 11.0. The Morgan fingerprint density at radius 3 is 2.62 bits per heavy atom. The average molecular weight is 227 g/mol. The highest BCUT2D eigenvalue weighted by Gasteiger charge is 2.36. The molecular formula is C12H25N3O. The quantitative estimate of drug-likeness (QED) is 0.768. The molecule has 94 valence electrons. The maximum atomic E-state index is 12.2. The highest BCUT2D eigenvalue weighted by Crippen LogP contribution is 2.19. The summed E-state index contributed by atoms with van der Waals surface area (Å²) >= 11 is 0. The second-order valence-electron chi connectivity index (χ2n) is 5.32. The zero-order valence-electron chi connectivity index (χ0n) is 11.0. The van der Waals surface area contributed by atoms with Gasteiger partial charge in [0.1, 0.15) is 0 Å². The number of hydrogen-bond donors (Lipinski definition) is 1. The van der Waals surface area contributed by atoms with Gasteiger partial charge in [0.2, 0.25) is 5.91 Å². The molecule has 2 unspecified atom stereocenters. The summed E-state index contributed by atoms with van der Waals surface area (Å²) in [5.41, 5.74) is 5.38. The minimum absolute atomic E-state index is 0.110. The molecule has 0 spiro atoms. The topological polar surface area (TPSA) is 49.6 Å². The Kier molecular flexibility index (Phi) is 4.33. The van der Waals surface area contributed by atoms with Crippen LogP contribution in [0.2, 0.25) is 0 Å². The van der Waals surface area contributed by atoms with Crippen LogP contribution >= 0.6 is 0 Å². The Morgan fingerprint density at radius 2 is 2.19 bits per heavy atom. The molecule has 0 aliphatic carbocycles. The van der Waals surface area contributed by atoms with Gasteiger partial charge in [0.05, 0.1) is 5.54 Å². The van der Waals surface area contributed by atoms with E-state index in [2.05, 4.69) is 25.9 Å². The van der Waals surface area contributed by atoms with Crippen molar-refractivity contribution in [3.8, 4) is 0 Å². The van der Waals surface area contributed by atoms with E-state index in [1.54, 1.807) is 0 Å². The molecule has 1 rings (SSSR count). The molecular weight excluding hydrogens is 202 g/mol. The Balaban J connectivity index is 2.57. The smallest absolute Gasteiger partial charge is 0.242 e. The fraction of sp³-hybridized carbons (Fsp3) is 0.917. The summed E-state index contributed by atoms with van der Waals surface area (Å²) < 4.78 is 0. The molecule has 1 aliphatic rings. The van der Waals surface area contributed by atoms with Gasteiger partial charge in [-0.05, 0) is 33.9 Å². The van der Waals surface area contributed by atoms with Gasteiger partial charge in [0.15, 0.2) is 0 Å². The van der Waals surface area contributed by atoms with Gasteiger partial charge in [-0.15, -0.1) is 0 Å². The number of likely N-dealkylation sites (tertiary alicyclic amines) is 1. The highest BCUT2D eigenvalue weighted by atomic mass is 16.2. The summed E-state index contributed by atoms with van der Waals surface area (Å²) in [6.45, 7) is 5.58. The van der Waals surface area contributed by atoms with E-state index in [1.807, 2.05) is 11.8 Å². The number of hydrogen-bond acceptors (Lipinski definition) is 3. The average Bonchev–Trinajstić information content (AvgIpc) is 2.65. The standard InChI is InChI=1S/C12H25N3O/c1-5-7-12(2,13)11(16)15-8-6-10(9-15)14(3)4/h10H,5-9,13H2,1-4H3. The van der Waals surface area contributed by atoms with Crippen molar-refractivity contribution < 1.29 is 4.79 Å². The Bertz CT molecular complexity index is 251. The zero-order chi connectivity index (χ0) is 12.3. The third kappa shape index (κ3) is 2.95. The first kappa shape index (κ1) is 13.5. The van der Waals surface area contributed by atoms with Gasteiger partial charge in [0.25, 0.3) is 0 Å². The molecule has 1 aliphatic heterocycles. The summed E-state index contributed by atoms with van der Waals surface area (Å²) in [7, 11) is 4.12. The van der Waals surface area contributed by atoms with E-state index in [1.165, 1.54) is 0 Å². The van der Waals surface area contributed by atoms with E-state index in [9.17, 15) is 4.79 Å². The lowest BCUT2D eigenvalue weighted by atomic mass is 9.96. The molecule has 2 N–H and O–H groups in total. The fourth-order valence-corrected chi connectivity index (χ4v) is 2.34. The third-order valence-electron chi connectivity index (χ3n) is 3.44. The molecule has 16 heavy (non-hydrogen) atoms. The number of amides is 1. The molecule has 0 saturated carbocycles. The van der Waals surface area contributed by atoms with E-state index in [-0.39, 0.29) is 5.91 Å². The number of likely N-dealkylation sites (N-methyl/N-ethyl adjacent to an activating group) is 1. The van der Waals surface area contributed by atoms with Crippen molar-refractivity contribution in [3.63, 3.8) is 0 Å². The molecule has 1 saturated heterocycles. The van der Waals surface area contributed by atoms with E-state index < -0.39 is 5.54 Å². The summed E-state index contributed by atoms with van der Waals surface area (Å²) in [4.78, 5) is 16.3. The van der Waals surface area contributed by atoms with Crippen molar-refractivity contribution in [3.05, 3.63) is 0 Å². The number of nitrogens with zero attached hydrogens (tertiary/aromatic N) is 2. The summed E-state index contributed by atoms with van der Waals surface area (Å²) in [6, 6.07) is 0.487. The number of nitrogens with two attached hydrogens (primary N) is 1. The maximum absolute atomic E-state index is 12.2. The lowest BCUT2D eigenvalue weighted by Crippen LogP contribution is -2.53. The van der Waals surface area contributed by atoms with Gasteiger partial charge in [0, 0.05) is 19.1 Å². The molecule has 2 atom stereocenters. The van der Waals surface area contributed by atoms with Crippen molar-refractivity contribution in [1.29, 1.82) is 0 Å². The molecule has 4 heteroatoms. The Hall–Kier alpha value is -0.610. The van der Waals surface area contributed by atoms with Crippen LogP contribution in [-0.2, 0) is 4.79 Å². The number of carbonyl (C=O) groups is 1. The third-order valence-corrected chi connectivity index (χ3v) is 3.44. The van der Waals surface area contributed by atoms with E-state index in [0.29, 0.717) is 6.04 Å². The number of carbonyl (C=O) groups excluding carboxylic acids is 1. The molecule has 1 heterocycles. The monoisotopic (exact) mass is 227 g/mol. The summed E-state index contributed by atoms with van der Waals surface area (Å²) in [6.07, 6.45) is 2.76.